The Hall–Kier alpha value is -1.66. The van der Waals surface area contributed by atoms with E-state index < -0.39 is 24.0 Å². The van der Waals surface area contributed by atoms with Crippen LogP contribution in [0.2, 0.25) is 0 Å². The first-order valence-electron chi connectivity index (χ1n) is 6.59. The van der Waals surface area contributed by atoms with Crippen molar-refractivity contribution in [2.24, 2.45) is 0 Å². The number of ether oxygens (including phenoxy) is 1. The molecular formula is C14H20BF3NO2-. The maximum atomic E-state index is 13.3. The number of anilines is 1. The summed E-state index contributed by atoms with van der Waals surface area (Å²) in [6.45, 7) is 3.83. The number of carbonyl (C=O) groups excluding carboxylic acids is 1. The SMILES string of the molecule is Cc1c(N)c(C)c([B-](F)(F)F)c(C)c1C(=O)OC(C)(C)C. The van der Waals surface area contributed by atoms with E-state index in [1.807, 2.05) is 0 Å². The lowest BCUT2D eigenvalue weighted by Crippen LogP contribution is -2.40. The number of hydrogen-bond acceptors (Lipinski definition) is 3. The van der Waals surface area contributed by atoms with Gasteiger partial charge in [0.05, 0.1) is 5.56 Å². The smallest absolute Gasteiger partial charge is 0.456 e. The van der Waals surface area contributed by atoms with Gasteiger partial charge in [0, 0.05) is 5.69 Å². The number of benzene rings is 1. The highest BCUT2D eigenvalue weighted by Gasteiger charge is 2.34. The van der Waals surface area contributed by atoms with Crippen LogP contribution < -0.4 is 11.2 Å². The Morgan fingerprint density at radius 3 is 1.90 bits per heavy atom. The van der Waals surface area contributed by atoms with Crippen molar-refractivity contribution in [2.45, 2.75) is 47.1 Å². The first-order chi connectivity index (χ1) is 9.27. The largest absolute Gasteiger partial charge is 0.510 e. The summed E-state index contributed by atoms with van der Waals surface area (Å²) < 4.78 is 45.0. The molecule has 21 heavy (non-hydrogen) atoms. The second-order valence-electron chi connectivity index (χ2n) is 6.15. The number of nitrogens with two attached hydrogens (primary N) is 1. The molecule has 0 amide bonds. The van der Waals surface area contributed by atoms with E-state index >= 15 is 0 Å². The molecule has 1 aromatic carbocycles. The number of nitrogen functional groups attached to an aromatic ring is 1. The van der Waals surface area contributed by atoms with Gasteiger partial charge in [-0.15, -0.1) is 0 Å². The standard InChI is InChI=1S/C14H20BF3NO2/c1-7-10(13(20)21-14(4,5)6)8(2)12(19)9(3)11(7)15(16,17)18/h19H2,1-6H3/q-1. The van der Waals surface area contributed by atoms with Crippen LogP contribution in [0.4, 0.5) is 18.6 Å². The van der Waals surface area contributed by atoms with E-state index in [9.17, 15) is 17.7 Å². The molecule has 0 aliphatic carbocycles. The lowest BCUT2D eigenvalue weighted by Gasteiger charge is -2.27. The van der Waals surface area contributed by atoms with Crippen LogP contribution in [0, 0.1) is 20.8 Å². The molecule has 0 atom stereocenters. The minimum atomic E-state index is -5.26. The van der Waals surface area contributed by atoms with Gasteiger partial charge in [-0.2, -0.15) is 0 Å². The van der Waals surface area contributed by atoms with Crippen molar-refractivity contribution in [3.8, 4) is 0 Å². The summed E-state index contributed by atoms with van der Waals surface area (Å²) >= 11 is 0. The van der Waals surface area contributed by atoms with E-state index in [1.54, 1.807) is 20.8 Å². The highest BCUT2D eigenvalue weighted by Crippen LogP contribution is 2.28. The highest BCUT2D eigenvalue weighted by molar-refractivity contribution is 6.74. The molecule has 2 N–H and O–H groups in total. The Labute approximate surface area is 122 Å². The third-order valence-corrected chi connectivity index (χ3v) is 3.30. The van der Waals surface area contributed by atoms with Gasteiger partial charge in [-0.05, 0) is 47.1 Å². The van der Waals surface area contributed by atoms with Crippen LogP contribution in [-0.4, -0.2) is 18.5 Å². The monoisotopic (exact) mass is 302 g/mol. The van der Waals surface area contributed by atoms with Crippen molar-refractivity contribution >= 4 is 24.1 Å². The van der Waals surface area contributed by atoms with Crippen LogP contribution in [0.25, 0.3) is 0 Å². The van der Waals surface area contributed by atoms with Crippen LogP contribution in [0.3, 0.4) is 0 Å². The summed E-state index contributed by atoms with van der Waals surface area (Å²) in [6.07, 6.45) is 0. The second-order valence-corrected chi connectivity index (χ2v) is 6.15. The molecule has 118 valence electrons. The van der Waals surface area contributed by atoms with Crippen molar-refractivity contribution in [2.75, 3.05) is 5.73 Å². The molecule has 0 aliphatic rings. The normalized spacial score (nSPS) is 12.4. The third-order valence-electron chi connectivity index (χ3n) is 3.30. The Bertz CT molecular complexity index is 590. The van der Waals surface area contributed by atoms with Gasteiger partial charge in [0.2, 0.25) is 0 Å². The predicted octanol–water partition coefficient (Wildman–Crippen LogP) is 3.20. The zero-order valence-electron chi connectivity index (χ0n) is 13.1. The molecule has 0 heterocycles. The third kappa shape index (κ3) is 3.51. The van der Waals surface area contributed by atoms with Gasteiger partial charge in [0.15, 0.2) is 0 Å². The van der Waals surface area contributed by atoms with Gasteiger partial charge in [0.25, 0.3) is 0 Å². The quantitative estimate of drug-likeness (QED) is 0.518. The van der Waals surface area contributed by atoms with E-state index in [0.717, 1.165) is 0 Å². The molecule has 0 aromatic heterocycles. The number of rotatable bonds is 2. The Morgan fingerprint density at radius 2 is 1.52 bits per heavy atom. The summed E-state index contributed by atoms with van der Waals surface area (Å²) in [5, 5.41) is 0. The van der Waals surface area contributed by atoms with E-state index in [2.05, 4.69) is 0 Å². The molecule has 0 radical (unpaired) electrons. The molecule has 0 spiro atoms. The Morgan fingerprint density at radius 1 is 1.05 bits per heavy atom. The average Bonchev–Trinajstić information content (AvgIpc) is 2.21. The van der Waals surface area contributed by atoms with E-state index in [-0.39, 0.29) is 22.4 Å². The average molecular weight is 302 g/mol. The van der Waals surface area contributed by atoms with E-state index in [4.69, 9.17) is 10.5 Å². The molecule has 0 saturated heterocycles. The van der Waals surface area contributed by atoms with E-state index in [0.29, 0.717) is 5.56 Å². The first-order valence-corrected chi connectivity index (χ1v) is 6.59. The number of hydrogen-bond donors (Lipinski definition) is 1. The zero-order chi connectivity index (χ0) is 16.7. The maximum Gasteiger partial charge on any atom is 0.510 e. The minimum Gasteiger partial charge on any atom is -0.456 e. The molecule has 0 bridgehead atoms. The molecule has 0 aliphatic heterocycles. The fraction of sp³-hybridized carbons (Fsp3) is 0.500. The Kier molecular flexibility index (Phi) is 4.37. The summed E-state index contributed by atoms with van der Waals surface area (Å²) in [7, 11) is 0. The Balaban J connectivity index is 3.61. The van der Waals surface area contributed by atoms with Crippen molar-refractivity contribution in [3.05, 3.63) is 22.3 Å². The van der Waals surface area contributed by atoms with E-state index in [1.165, 1.54) is 20.8 Å². The number of carbonyl (C=O) groups is 1. The van der Waals surface area contributed by atoms with Gasteiger partial charge in [-0.25, -0.2) is 4.79 Å². The molecule has 1 rings (SSSR count). The summed E-state index contributed by atoms with van der Waals surface area (Å²) in [6, 6.07) is 0. The van der Waals surface area contributed by atoms with Crippen LogP contribution in [-0.2, 0) is 4.74 Å². The molecule has 7 heteroatoms. The molecule has 1 aromatic rings. The highest BCUT2D eigenvalue weighted by atomic mass is 19.4. The van der Waals surface area contributed by atoms with Crippen LogP contribution in [0.1, 0.15) is 47.8 Å². The second kappa shape index (κ2) is 5.28. The van der Waals surface area contributed by atoms with Crippen LogP contribution >= 0.6 is 0 Å². The maximum absolute atomic E-state index is 13.3. The zero-order valence-corrected chi connectivity index (χ0v) is 13.1. The van der Waals surface area contributed by atoms with Crippen LogP contribution in [0.15, 0.2) is 0 Å². The molecular weight excluding hydrogens is 282 g/mol. The van der Waals surface area contributed by atoms with Gasteiger partial charge in [-0.3, -0.25) is 0 Å². The van der Waals surface area contributed by atoms with Crippen molar-refractivity contribution in [1.82, 2.24) is 0 Å². The lowest BCUT2D eigenvalue weighted by atomic mass is 9.71. The van der Waals surface area contributed by atoms with Gasteiger partial charge < -0.3 is 23.4 Å². The van der Waals surface area contributed by atoms with Crippen molar-refractivity contribution in [3.63, 3.8) is 0 Å². The van der Waals surface area contributed by atoms with Gasteiger partial charge in [0.1, 0.15) is 5.60 Å². The van der Waals surface area contributed by atoms with Gasteiger partial charge >= 0.3 is 12.9 Å². The van der Waals surface area contributed by atoms with Crippen molar-refractivity contribution < 1.29 is 22.5 Å². The van der Waals surface area contributed by atoms with Gasteiger partial charge in [-0.1, -0.05) is 16.6 Å². The van der Waals surface area contributed by atoms with Crippen LogP contribution in [0.5, 0.6) is 0 Å². The molecule has 0 unspecified atom stereocenters. The lowest BCUT2D eigenvalue weighted by molar-refractivity contribution is 0.00682. The fourth-order valence-electron chi connectivity index (χ4n) is 2.38. The summed E-state index contributed by atoms with van der Waals surface area (Å²) in [4.78, 5) is 12.2. The summed E-state index contributed by atoms with van der Waals surface area (Å²) in [5.74, 6) is -0.787. The number of halogens is 3. The topological polar surface area (TPSA) is 52.3 Å². The summed E-state index contributed by atoms with van der Waals surface area (Å²) in [5.41, 5.74) is 4.20. The minimum absolute atomic E-state index is 0.0179. The molecule has 0 saturated carbocycles. The first kappa shape index (κ1) is 17.4. The molecule has 0 fully saturated rings. The predicted molar refractivity (Wildman–Crippen MR) is 78.9 cm³/mol. The fourth-order valence-corrected chi connectivity index (χ4v) is 2.38. The number of esters is 1. The molecule has 3 nitrogen and oxygen atoms in total. The van der Waals surface area contributed by atoms with Crippen molar-refractivity contribution in [1.29, 1.82) is 0 Å².